The number of rotatable bonds is 3. The van der Waals surface area contributed by atoms with E-state index in [0.717, 1.165) is 53.4 Å². The number of nitrogens with two attached hydrogens (primary N) is 1. The van der Waals surface area contributed by atoms with Crippen molar-refractivity contribution in [3.63, 3.8) is 0 Å². The number of benzene rings is 2. The third kappa shape index (κ3) is 2.74. The Hall–Kier alpha value is -3.54. The second-order valence-electron chi connectivity index (χ2n) is 7.10. The van der Waals surface area contributed by atoms with Gasteiger partial charge in [-0.2, -0.15) is 0 Å². The SMILES string of the molecule is NC(=O)c1cc2ncncc2cc1Nc1c2c(nc3ccccc13)CCCC2. The van der Waals surface area contributed by atoms with E-state index >= 15 is 0 Å². The third-order valence-electron chi connectivity index (χ3n) is 5.34. The maximum absolute atomic E-state index is 12.1. The predicted molar refractivity (Wildman–Crippen MR) is 110 cm³/mol. The second kappa shape index (κ2) is 6.56. The molecule has 6 heteroatoms. The van der Waals surface area contributed by atoms with E-state index in [1.807, 2.05) is 24.3 Å². The van der Waals surface area contributed by atoms with E-state index in [1.165, 1.54) is 11.9 Å². The first-order valence-corrected chi connectivity index (χ1v) is 9.42. The number of fused-ring (bicyclic) bond motifs is 3. The summed E-state index contributed by atoms with van der Waals surface area (Å²) in [5.41, 5.74) is 11.8. The molecule has 5 rings (SSSR count). The smallest absolute Gasteiger partial charge is 0.250 e. The molecule has 138 valence electrons. The van der Waals surface area contributed by atoms with Crippen molar-refractivity contribution in [1.82, 2.24) is 15.0 Å². The Morgan fingerprint density at radius 3 is 2.82 bits per heavy atom. The Morgan fingerprint density at radius 2 is 1.93 bits per heavy atom. The molecule has 28 heavy (non-hydrogen) atoms. The van der Waals surface area contributed by atoms with Crippen LogP contribution in [-0.4, -0.2) is 20.9 Å². The van der Waals surface area contributed by atoms with E-state index in [0.29, 0.717) is 16.8 Å². The zero-order valence-electron chi connectivity index (χ0n) is 15.3. The minimum absolute atomic E-state index is 0.414. The van der Waals surface area contributed by atoms with Crippen molar-refractivity contribution in [3.8, 4) is 0 Å². The van der Waals surface area contributed by atoms with Gasteiger partial charge in [0.15, 0.2) is 0 Å². The summed E-state index contributed by atoms with van der Waals surface area (Å²) in [6.45, 7) is 0. The number of primary amides is 1. The molecule has 2 aromatic heterocycles. The van der Waals surface area contributed by atoms with Crippen LogP contribution in [-0.2, 0) is 12.8 Å². The maximum atomic E-state index is 12.1. The Balaban J connectivity index is 1.74. The fraction of sp³-hybridized carbons (Fsp3) is 0.182. The van der Waals surface area contributed by atoms with Crippen LogP contribution in [0.25, 0.3) is 21.8 Å². The second-order valence-corrected chi connectivity index (χ2v) is 7.10. The average molecular weight is 369 g/mol. The van der Waals surface area contributed by atoms with Crippen LogP contribution in [0.4, 0.5) is 11.4 Å². The predicted octanol–water partition coefficient (Wildman–Crippen LogP) is 3.90. The number of aromatic nitrogens is 3. The molecule has 0 bridgehead atoms. The summed E-state index contributed by atoms with van der Waals surface area (Å²) in [5.74, 6) is -0.491. The number of hydrogen-bond donors (Lipinski definition) is 2. The molecule has 6 nitrogen and oxygen atoms in total. The molecule has 0 unspecified atom stereocenters. The van der Waals surface area contributed by atoms with E-state index in [2.05, 4.69) is 21.4 Å². The normalized spacial score (nSPS) is 13.4. The van der Waals surface area contributed by atoms with E-state index in [9.17, 15) is 4.79 Å². The summed E-state index contributed by atoms with van der Waals surface area (Å²) in [7, 11) is 0. The van der Waals surface area contributed by atoms with Crippen LogP contribution < -0.4 is 11.1 Å². The number of nitrogens with zero attached hydrogens (tertiary/aromatic N) is 3. The number of nitrogens with one attached hydrogen (secondary N) is 1. The van der Waals surface area contributed by atoms with Gasteiger partial charge in [0, 0.05) is 22.7 Å². The van der Waals surface area contributed by atoms with Gasteiger partial charge in [0.05, 0.1) is 28.0 Å². The molecule has 0 atom stereocenters. The van der Waals surface area contributed by atoms with Crippen molar-refractivity contribution < 1.29 is 4.79 Å². The quantitative estimate of drug-likeness (QED) is 0.571. The molecule has 4 aromatic rings. The van der Waals surface area contributed by atoms with Crippen LogP contribution in [0.5, 0.6) is 0 Å². The molecule has 1 aliphatic rings. The number of carbonyl (C=O) groups excluding carboxylic acids is 1. The Kier molecular flexibility index (Phi) is 3.90. The number of pyridine rings is 1. The van der Waals surface area contributed by atoms with Gasteiger partial charge in [-0.3, -0.25) is 9.78 Å². The highest BCUT2D eigenvalue weighted by Gasteiger charge is 2.20. The average Bonchev–Trinajstić information content (AvgIpc) is 2.73. The van der Waals surface area contributed by atoms with Gasteiger partial charge in [-0.15, -0.1) is 0 Å². The van der Waals surface area contributed by atoms with Crippen LogP contribution in [0.15, 0.2) is 48.9 Å². The Morgan fingerprint density at radius 1 is 1.07 bits per heavy atom. The molecule has 2 heterocycles. The summed E-state index contributed by atoms with van der Waals surface area (Å²) in [6, 6.07) is 11.7. The van der Waals surface area contributed by atoms with Crippen LogP contribution in [0.3, 0.4) is 0 Å². The van der Waals surface area contributed by atoms with Crippen molar-refractivity contribution in [1.29, 1.82) is 0 Å². The lowest BCUT2D eigenvalue weighted by atomic mass is 9.92. The minimum Gasteiger partial charge on any atom is -0.366 e. The molecular weight excluding hydrogens is 350 g/mol. The Bertz CT molecular complexity index is 1230. The van der Waals surface area contributed by atoms with Crippen LogP contribution in [0.1, 0.15) is 34.5 Å². The standard InChI is InChI=1S/C22H19N5O/c23-22(28)16-10-19-13(11-24-12-25-19)9-20(16)27-21-14-5-1-3-7-17(14)26-18-8-4-2-6-15(18)21/h1,3,5,7,9-12H,2,4,6,8H2,(H2,23,28)(H,26,27). The monoisotopic (exact) mass is 369 g/mol. The Labute approximate surface area is 161 Å². The lowest BCUT2D eigenvalue weighted by molar-refractivity contribution is 0.100. The maximum Gasteiger partial charge on any atom is 0.250 e. The van der Waals surface area contributed by atoms with Crippen molar-refractivity contribution in [2.45, 2.75) is 25.7 Å². The number of hydrogen-bond acceptors (Lipinski definition) is 5. The summed E-state index contributed by atoms with van der Waals surface area (Å²) in [6.07, 6.45) is 7.43. The van der Waals surface area contributed by atoms with Gasteiger partial charge in [-0.05, 0) is 49.4 Å². The van der Waals surface area contributed by atoms with Crippen LogP contribution in [0.2, 0.25) is 0 Å². The largest absolute Gasteiger partial charge is 0.366 e. The molecule has 3 N–H and O–H groups in total. The number of carbonyl (C=O) groups is 1. The summed E-state index contributed by atoms with van der Waals surface area (Å²) in [5, 5.41) is 5.41. The van der Waals surface area contributed by atoms with Crippen molar-refractivity contribution in [3.05, 3.63) is 65.7 Å². The molecule has 0 saturated carbocycles. The molecule has 0 fully saturated rings. The first kappa shape index (κ1) is 16.6. The molecule has 2 aromatic carbocycles. The van der Waals surface area contributed by atoms with Crippen LogP contribution >= 0.6 is 0 Å². The third-order valence-corrected chi connectivity index (χ3v) is 5.34. The zero-order valence-corrected chi connectivity index (χ0v) is 15.3. The molecule has 0 saturated heterocycles. The first-order chi connectivity index (χ1) is 13.7. The molecule has 1 amide bonds. The van der Waals surface area contributed by atoms with Gasteiger partial charge < -0.3 is 11.1 Å². The highest BCUT2D eigenvalue weighted by atomic mass is 16.1. The number of para-hydroxylation sites is 1. The molecule has 0 radical (unpaired) electrons. The molecule has 0 aliphatic heterocycles. The first-order valence-electron chi connectivity index (χ1n) is 9.42. The van der Waals surface area contributed by atoms with Crippen molar-refractivity contribution in [2.75, 3.05) is 5.32 Å². The highest BCUT2D eigenvalue weighted by molar-refractivity contribution is 6.05. The van der Waals surface area contributed by atoms with E-state index in [-0.39, 0.29) is 0 Å². The zero-order chi connectivity index (χ0) is 19.1. The van der Waals surface area contributed by atoms with E-state index in [4.69, 9.17) is 10.7 Å². The molecule has 1 aliphatic carbocycles. The topological polar surface area (TPSA) is 93.8 Å². The summed E-state index contributed by atoms with van der Waals surface area (Å²) >= 11 is 0. The van der Waals surface area contributed by atoms with Gasteiger partial charge in [-0.1, -0.05) is 18.2 Å². The van der Waals surface area contributed by atoms with Gasteiger partial charge in [-0.25, -0.2) is 9.97 Å². The highest BCUT2D eigenvalue weighted by Crippen LogP contribution is 2.36. The van der Waals surface area contributed by atoms with Crippen molar-refractivity contribution in [2.24, 2.45) is 5.73 Å². The minimum atomic E-state index is -0.491. The van der Waals surface area contributed by atoms with Gasteiger partial charge in [0.1, 0.15) is 6.33 Å². The number of aryl methyl sites for hydroxylation is 1. The van der Waals surface area contributed by atoms with Gasteiger partial charge in [0.2, 0.25) is 0 Å². The van der Waals surface area contributed by atoms with E-state index in [1.54, 1.807) is 12.3 Å². The fourth-order valence-corrected chi connectivity index (χ4v) is 3.99. The van der Waals surface area contributed by atoms with Gasteiger partial charge >= 0.3 is 0 Å². The van der Waals surface area contributed by atoms with Crippen molar-refractivity contribution >= 4 is 39.1 Å². The molecule has 0 spiro atoms. The lowest BCUT2D eigenvalue weighted by Crippen LogP contribution is -2.15. The molecular formula is C22H19N5O. The number of amides is 1. The number of anilines is 2. The van der Waals surface area contributed by atoms with Crippen LogP contribution in [0, 0.1) is 0 Å². The fourth-order valence-electron chi connectivity index (χ4n) is 3.99. The van der Waals surface area contributed by atoms with E-state index < -0.39 is 5.91 Å². The summed E-state index contributed by atoms with van der Waals surface area (Å²) < 4.78 is 0. The van der Waals surface area contributed by atoms with Gasteiger partial charge in [0.25, 0.3) is 5.91 Å². The summed E-state index contributed by atoms with van der Waals surface area (Å²) in [4.78, 5) is 25.3. The lowest BCUT2D eigenvalue weighted by Gasteiger charge is -2.22.